The molecule has 0 saturated heterocycles. The molecule has 34 heavy (non-hydrogen) atoms. The Kier molecular flexibility index (Phi) is 7.23. The molecule has 2 N–H and O–H groups in total. The zero-order valence-corrected chi connectivity index (χ0v) is 21.2. The first-order chi connectivity index (χ1) is 16.1. The molecule has 182 valence electrons. The van der Waals surface area contributed by atoms with Gasteiger partial charge in [0.15, 0.2) is 0 Å². The molecule has 1 aliphatic carbocycles. The Morgan fingerprint density at radius 2 is 1.88 bits per heavy atom. The molecule has 1 aliphatic heterocycles. The van der Waals surface area contributed by atoms with E-state index in [0.29, 0.717) is 18.1 Å². The van der Waals surface area contributed by atoms with Crippen LogP contribution in [-0.2, 0) is 6.42 Å². The standard InChI is InChI=1S/C31H40O3/c1-22-14-15-26-25(19-22)29-27(32)20-24(21-28(29)34-30(26,2)3)16-18-31(4,33)17-10-6-9-13-23-11-7-5-8-12-23/h5,7-8,11-12,14,16,18,20-21,25-26,32-33H,6,9-10,13,15,17,19H2,1-4H3. The average molecular weight is 461 g/mol. The van der Waals surface area contributed by atoms with Gasteiger partial charge in [-0.2, -0.15) is 0 Å². The van der Waals surface area contributed by atoms with E-state index in [1.165, 1.54) is 11.1 Å². The van der Waals surface area contributed by atoms with Crippen LogP contribution in [0.5, 0.6) is 11.5 Å². The zero-order chi connectivity index (χ0) is 24.3. The van der Waals surface area contributed by atoms with Gasteiger partial charge in [-0.1, -0.05) is 67.0 Å². The Labute approximate surface area is 205 Å². The molecule has 0 radical (unpaired) electrons. The van der Waals surface area contributed by atoms with Crippen molar-refractivity contribution in [1.82, 2.24) is 0 Å². The minimum absolute atomic E-state index is 0.278. The van der Waals surface area contributed by atoms with E-state index in [2.05, 4.69) is 51.1 Å². The van der Waals surface area contributed by atoms with Crippen molar-refractivity contribution in [3.8, 4) is 11.5 Å². The molecule has 0 spiro atoms. The number of fused-ring (bicyclic) bond motifs is 3. The summed E-state index contributed by atoms with van der Waals surface area (Å²) in [5, 5.41) is 21.8. The van der Waals surface area contributed by atoms with Crippen LogP contribution in [-0.4, -0.2) is 21.4 Å². The van der Waals surface area contributed by atoms with Crippen LogP contribution in [0.4, 0.5) is 0 Å². The smallest absolute Gasteiger partial charge is 0.127 e. The fraction of sp³-hybridized carbons (Fsp3) is 0.484. The first-order valence-electron chi connectivity index (χ1n) is 12.8. The first-order valence-corrected chi connectivity index (χ1v) is 12.8. The van der Waals surface area contributed by atoms with Crippen molar-refractivity contribution in [2.75, 3.05) is 0 Å². The number of aryl methyl sites for hydroxylation is 1. The summed E-state index contributed by atoms with van der Waals surface area (Å²) in [6.07, 6.45) is 13.0. The molecular weight excluding hydrogens is 420 g/mol. The van der Waals surface area contributed by atoms with Gasteiger partial charge in [-0.3, -0.25) is 0 Å². The maximum absolute atomic E-state index is 11.0. The van der Waals surface area contributed by atoms with E-state index >= 15 is 0 Å². The van der Waals surface area contributed by atoms with Crippen molar-refractivity contribution < 1.29 is 14.9 Å². The van der Waals surface area contributed by atoms with Crippen LogP contribution < -0.4 is 4.74 Å². The molecule has 2 aliphatic rings. The molecule has 0 bridgehead atoms. The first kappa shape index (κ1) is 24.6. The minimum atomic E-state index is -0.880. The van der Waals surface area contributed by atoms with Crippen LogP contribution in [0.15, 0.2) is 60.2 Å². The second-order valence-corrected chi connectivity index (χ2v) is 11.1. The van der Waals surface area contributed by atoms with Crippen molar-refractivity contribution in [2.24, 2.45) is 5.92 Å². The number of allylic oxidation sites excluding steroid dienone is 2. The van der Waals surface area contributed by atoms with Crippen LogP contribution in [0.1, 0.15) is 88.8 Å². The van der Waals surface area contributed by atoms with Gasteiger partial charge in [0.05, 0.1) is 5.60 Å². The predicted octanol–water partition coefficient (Wildman–Crippen LogP) is 7.57. The number of aliphatic hydroxyl groups is 1. The summed E-state index contributed by atoms with van der Waals surface area (Å²) >= 11 is 0. The van der Waals surface area contributed by atoms with Crippen LogP contribution in [0, 0.1) is 5.92 Å². The fourth-order valence-corrected chi connectivity index (χ4v) is 5.67. The van der Waals surface area contributed by atoms with Crippen LogP contribution in [0.3, 0.4) is 0 Å². The number of benzene rings is 2. The van der Waals surface area contributed by atoms with Crippen LogP contribution >= 0.6 is 0 Å². The lowest BCUT2D eigenvalue weighted by Gasteiger charge is -2.47. The van der Waals surface area contributed by atoms with Gasteiger partial charge in [0, 0.05) is 17.4 Å². The predicted molar refractivity (Wildman–Crippen MR) is 140 cm³/mol. The Bertz CT molecular complexity index is 1050. The maximum Gasteiger partial charge on any atom is 0.127 e. The van der Waals surface area contributed by atoms with Crippen molar-refractivity contribution in [3.05, 3.63) is 76.9 Å². The van der Waals surface area contributed by atoms with E-state index in [1.807, 2.05) is 37.3 Å². The largest absolute Gasteiger partial charge is 0.507 e. The van der Waals surface area contributed by atoms with E-state index in [0.717, 1.165) is 55.4 Å². The van der Waals surface area contributed by atoms with Crippen molar-refractivity contribution in [2.45, 2.75) is 89.8 Å². The summed E-state index contributed by atoms with van der Waals surface area (Å²) in [7, 11) is 0. The number of hydrogen-bond acceptors (Lipinski definition) is 3. The minimum Gasteiger partial charge on any atom is -0.507 e. The fourth-order valence-electron chi connectivity index (χ4n) is 5.67. The molecule has 3 heteroatoms. The highest BCUT2D eigenvalue weighted by Gasteiger charge is 2.45. The molecular formula is C31H40O3. The Morgan fingerprint density at radius 1 is 1.12 bits per heavy atom. The third-order valence-corrected chi connectivity index (χ3v) is 7.65. The van der Waals surface area contributed by atoms with Crippen molar-refractivity contribution in [3.63, 3.8) is 0 Å². The molecule has 0 saturated carbocycles. The van der Waals surface area contributed by atoms with Crippen molar-refractivity contribution >= 4 is 6.08 Å². The summed E-state index contributed by atoms with van der Waals surface area (Å²) in [4.78, 5) is 0. The lowest BCUT2D eigenvalue weighted by atomic mass is 9.67. The zero-order valence-electron chi connectivity index (χ0n) is 21.2. The normalized spacial score (nSPS) is 22.9. The van der Waals surface area contributed by atoms with Gasteiger partial charge in [-0.15, -0.1) is 0 Å². The average Bonchev–Trinajstić information content (AvgIpc) is 2.77. The second kappa shape index (κ2) is 10.00. The third-order valence-electron chi connectivity index (χ3n) is 7.65. The Morgan fingerprint density at radius 3 is 2.65 bits per heavy atom. The molecule has 3 atom stereocenters. The molecule has 2 aromatic rings. The van der Waals surface area contributed by atoms with Gasteiger partial charge < -0.3 is 14.9 Å². The van der Waals surface area contributed by atoms with E-state index < -0.39 is 5.60 Å². The lowest BCUT2D eigenvalue weighted by molar-refractivity contribution is 0.00759. The number of hydrogen-bond donors (Lipinski definition) is 2. The Hall–Kier alpha value is -2.52. The monoisotopic (exact) mass is 460 g/mol. The van der Waals surface area contributed by atoms with E-state index in [9.17, 15) is 10.2 Å². The molecule has 0 fully saturated rings. The highest BCUT2D eigenvalue weighted by molar-refractivity contribution is 5.61. The SMILES string of the molecule is CC1=CCC2C(C1)c1c(O)cc(C=CC(C)(O)CCCCCc3ccccc3)cc1OC2(C)C. The molecule has 3 nitrogen and oxygen atoms in total. The van der Waals surface area contributed by atoms with Gasteiger partial charge in [0.25, 0.3) is 0 Å². The molecule has 0 aromatic heterocycles. The number of aromatic hydroxyl groups is 1. The summed E-state index contributed by atoms with van der Waals surface area (Å²) in [5.41, 5.74) is 3.39. The second-order valence-electron chi connectivity index (χ2n) is 11.1. The highest BCUT2D eigenvalue weighted by Crippen LogP contribution is 2.54. The summed E-state index contributed by atoms with van der Waals surface area (Å²) in [6, 6.07) is 14.4. The quantitative estimate of drug-likeness (QED) is 0.315. The number of ether oxygens (including phenoxy) is 1. The molecule has 2 aromatic carbocycles. The summed E-state index contributed by atoms with van der Waals surface area (Å²) in [6.45, 7) is 8.35. The lowest BCUT2D eigenvalue weighted by Crippen LogP contribution is -2.45. The molecule has 0 amide bonds. The summed E-state index contributed by atoms with van der Waals surface area (Å²) in [5.74, 6) is 1.72. The molecule has 4 rings (SSSR count). The number of phenols is 1. The van der Waals surface area contributed by atoms with E-state index in [-0.39, 0.29) is 11.5 Å². The van der Waals surface area contributed by atoms with Crippen LogP contribution in [0.2, 0.25) is 0 Å². The van der Waals surface area contributed by atoms with Gasteiger partial charge in [-0.05, 0) is 83.1 Å². The Balaban J connectivity index is 1.39. The number of unbranched alkanes of at least 4 members (excludes halogenated alkanes) is 2. The summed E-state index contributed by atoms with van der Waals surface area (Å²) < 4.78 is 6.42. The van der Waals surface area contributed by atoms with Gasteiger partial charge in [-0.25, -0.2) is 0 Å². The molecule has 1 heterocycles. The van der Waals surface area contributed by atoms with Crippen molar-refractivity contribution in [1.29, 1.82) is 0 Å². The van der Waals surface area contributed by atoms with E-state index in [4.69, 9.17) is 4.74 Å². The number of rotatable bonds is 8. The van der Waals surface area contributed by atoms with Gasteiger partial charge in [0.2, 0.25) is 0 Å². The maximum atomic E-state index is 11.0. The molecule has 3 unspecified atom stereocenters. The highest BCUT2D eigenvalue weighted by atomic mass is 16.5. The van der Waals surface area contributed by atoms with Gasteiger partial charge >= 0.3 is 0 Å². The number of phenolic OH excluding ortho intramolecular Hbond substituents is 1. The van der Waals surface area contributed by atoms with Crippen LogP contribution in [0.25, 0.3) is 6.08 Å². The van der Waals surface area contributed by atoms with Gasteiger partial charge in [0.1, 0.15) is 17.1 Å². The van der Waals surface area contributed by atoms with E-state index in [1.54, 1.807) is 0 Å². The third kappa shape index (κ3) is 5.75. The topological polar surface area (TPSA) is 49.7 Å².